The van der Waals surface area contributed by atoms with E-state index in [1.165, 1.54) is 0 Å². The molecule has 0 heterocycles. The average molecular weight is 329 g/mol. The Morgan fingerprint density at radius 3 is 2.38 bits per heavy atom. The van der Waals surface area contributed by atoms with Crippen LogP contribution in [0.3, 0.4) is 0 Å². The Morgan fingerprint density at radius 1 is 1.04 bits per heavy atom. The van der Waals surface area contributed by atoms with Gasteiger partial charge in [-0.25, -0.2) is 0 Å². The molecule has 0 fully saturated rings. The van der Waals surface area contributed by atoms with Gasteiger partial charge in [0, 0.05) is 0 Å². The number of anilines is 1. The van der Waals surface area contributed by atoms with Crippen LogP contribution in [0.15, 0.2) is 48.5 Å². The maximum absolute atomic E-state index is 12.0. The van der Waals surface area contributed by atoms with Gasteiger partial charge < -0.3 is 19.5 Å². The molecule has 0 aliphatic rings. The predicted octanol–water partition coefficient (Wildman–Crippen LogP) is 3.81. The number of carbonyl (C=O) groups is 1. The van der Waals surface area contributed by atoms with E-state index in [0.717, 1.165) is 22.7 Å². The lowest BCUT2D eigenvalue weighted by atomic mass is 10.0. The first-order chi connectivity index (χ1) is 11.7. The zero-order chi connectivity index (χ0) is 17.4. The third-order valence-electron chi connectivity index (χ3n) is 3.63. The quantitative estimate of drug-likeness (QED) is 0.746. The summed E-state index contributed by atoms with van der Waals surface area (Å²) in [6, 6.07) is 15.0. The molecule has 5 nitrogen and oxygen atoms in total. The number of nitrogens with one attached hydrogen (secondary N) is 1. The van der Waals surface area contributed by atoms with Gasteiger partial charge >= 0.3 is 5.97 Å². The van der Waals surface area contributed by atoms with E-state index < -0.39 is 0 Å². The van der Waals surface area contributed by atoms with Crippen molar-refractivity contribution in [3.05, 3.63) is 54.1 Å². The van der Waals surface area contributed by atoms with E-state index in [1.807, 2.05) is 48.5 Å². The van der Waals surface area contributed by atoms with Crippen LogP contribution in [0.25, 0.3) is 0 Å². The molecule has 0 aromatic heterocycles. The summed E-state index contributed by atoms with van der Waals surface area (Å²) in [5.41, 5.74) is 1.79. The Morgan fingerprint density at radius 2 is 1.75 bits per heavy atom. The predicted molar refractivity (Wildman–Crippen MR) is 93.6 cm³/mol. The van der Waals surface area contributed by atoms with Crippen LogP contribution < -0.4 is 14.8 Å². The van der Waals surface area contributed by atoms with Gasteiger partial charge in [0.25, 0.3) is 0 Å². The fourth-order valence-electron chi connectivity index (χ4n) is 2.43. The number of para-hydroxylation sites is 2. The fourth-order valence-corrected chi connectivity index (χ4v) is 2.43. The molecule has 1 N–H and O–H groups in total. The van der Waals surface area contributed by atoms with Crippen molar-refractivity contribution in [2.24, 2.45) is 0 Å². The van der Waals surface area contributed by atoms with Gasteiger partial charge in [0.2, 0.25) is 0 Å². The van der Waals surface area contributed by atoms with E-state index in [9.17, 15) is 4.79 Å². The lowest BCUT2D eigenvalue weighted by Gasteiger charge is -2.21. The SMILES string of the molecule is CCOC(=O)C[C@@H](Nc1ccccc1OC)c1ccc(OC)cc1. The topological polar surface area (TPSA) is 56.8 Å². The smallest absolute Gasteiger partial charge is 0.308 e. The van der Waals surface area contributed by atoms with E-state index in [-0.39, 0.29) is 18.4 Å². The molecule has 5 heteroatoms. The van der Waals surface area contributed by atoms with Crippen molar-refractivity contribution in [2.45, 2.75) is 19.4 Å². The van der Waals surface area contributed by atoms with Gasteiger partial charge in [-0.15, -0.1) is 0 Å². The number of methoxy groups -OCH3 is 2. The summed E-state index contributed by atoms with van der Waals surface area (Å²) in [6.07, 6.45) is 0.220. The maximum Gasteiger partial charge on any atom is 0.308 e. The van der Waals surface area contributed by atoms with Gasteiger partial charge in [-0.1, -0.05) is 24.3 Å². The summed E-state index contributed by atoms with van der Waals surface area (Å²) in [6.45, 7) is 2.16. The fraction of sp³-hybridized carbons (Fsp3) is 0.316. The molecule has 0 radical (unpaired) electrons. The first-order valence-electron chi connectivity index (χ1n) is 7.87. The molecule has 0 saturated carbocycles. The van der Waals surface area contributed by atoms with Crippen LogP contribution in [0.2, 0.25) is 0 Å². The first kappa shape index (κ1) is 17.7. The Labute approximate surface area is 142 Å². The molecule has 24 heavy (non-hydrogen) atoms. The van der Waals surface area contributed by atoms with Gasteiger partial charge in [0.05, 0.1) is 39.0 Å². The minimum absolute atomic E-state index is 0.220. The Kier molecular flexibility index (Phi) is 6.49. The summed E-state index contributed by atoms with van der Waals surface area (Å²) in [7, 11) is 3.24. The molecule has 0 unspecified atom stereocenters. The molecular formula is C19H23NO4. The standard InChI is InChI=1S/C19H23NO4/c1-4-24-19(21)13-17(14-9-11-15(22-2)12-10-14)20-16-7-5-6-8-18(16)23-3/h5-12,17,20H,4,13H2,1-3H3/t17-/m1/s1. The minimum atomic E-state index is -0.249. The van der Waals surface area contributed by atoms with E-state index in [0.29, 0.717) is 6.61 Å². The number of rotatable bonds is 8. The van der Waals surface area contributed by atoms with Crippen LogP contribution in [0.4, 0.5) is 5.69 Å². The van der Waals surface area contributed by atoms with E-state index in [2.05, 4.69) is 5.32 Å². The van der Waals surface area contributed by atoms with Crippen LogP contribution in [-0.2, 0) is 9.53 Å². The van der Waals surface area contributed by atoms with Gasteiger partial charge in [0.15, 0.2) is 0 Å². The number of carbonyl (C=O) groups excluding carboxylic acids is 1. The second-order valence-corrected chi connectivity index (χ2v) is 5.18. The number of hydrogen-bond acceptors (Lipinski definition) is 5. The molecule has 0 bridgehead atoms. The molecule has 128 valence electrons. The molecule has 0 saturated heterocycles. The minimum Gasteiger partial charge on any atom is -0.497 e. The third-order valence-corrected chi connectivity index (χ3v) is 3.63. The van der Waals surface area contributed by atoms with Crippen molar-refractivity contribution in [3.8, 4) is 11.5 Å². The van der Waals surface area contributed by atoms with Crippen LogP contribution in [0.1, 0.15) is 24.9 Å². The molecule has 0 aliphatic heterocycles. The highest BCUT2D eigenvalue weighted by Crippen LogP contribution is 2.30. The molecule has 0 spiro atoms. The summed E-state index contributed by atoms with van der Waals surface area (Å²) >= 11 is 0. The zero-order valence-corrected chi connectivity index (χ0v) is 14.2. The second kappa shape index (κ2) is 8.82. The van der Waals surface area contributed by atoms with Crippen molar-refractivity contribution in [1.29, 1.82) is 0 Å². The number of benzene rings is 2. The van der Waals surface area contributed by atoms with Gasteiger partial charge in [-0.2, -0.15) is 0 Å². The number of esters is 1. The van der Waals surface area contributed by atoms with E-state index in [1.54, 1.807) is 21.1 Å². The van der Waals surface area contributed by atoms with Gasteiger partial charge in [-0.3, -0.25) is 4.79 Å². The molecule has 2 aromatic rings. The van der Waals surface area contributed by atoms with Crippen LogP contribution in [0.5, 0.6) is 11.5 Å². The molecule has 2 rings (SSSR count). The van der Waals surface area contributed by atoms with E-state index >= 15 is 0 Å². The largest absolute Gasteiger partial charge is 0.497 e. The van der Waals surface area contributed by atoms with E-state index in [4.69, 9.17) is 14.2 Å². The molecule has 0 amide bonds. The normalized spacial score (nSPS) is 11.5. The summed E-state index contributed by atoms with van der Waals surface area (Å²) in [4.78, 5) is 12.0. The monoisotopic (exact) mass is 329 g/mol. The molecule has 0 aliphatic carbocycles. The highest BCUT2D eigenvalue weighted by Gasteiger charge is 2.18. The second-order valence-electron chi connectivity index (χ2n) is 5.18. The maximum atomic E-state index is 12.0. The Hall–Kier alpha value is -2.69. The van der Waals surface area contributed by atoms with Gasteiger partial charge in [0.1, 0.15) is 11.5 Å². The van der Waals surface area contributed by atoms with Crippen molar-refractivity contribution in [1.82, 2.24) is 0 Å². The Balaban J connectivity index is 2.25. The zero-order valence-electron chi connectivity index (χ0n) is 14.2. The van der Waals surface area contributed by atoms with Crippen molar-refractivity contribution >= 4 is 11.7 Å². The highest BCUT2D eigenvalue weighted by atomic mass is 16.5. The lowest BCUT2D eigenvalue weighted by Crippen LogP contribution is -2.17. The van der Waals surface area contributed by atoms with Crippen molar-refractivity contribution in [3.63, 3.8) is 0 Å². The van der Waals surface area contributed by atoms with Gasteiger partial charge in [-0.05, 0) is 36.8 Å². The summed E-state index contributed by atoms with van der Waals surface area (Å²) in [5.74, 6) is 1.24. The van der Waals surface area contributed by atoms with Crippen LogP contribution in [0, 0.1) is 0 Å². The van der Waals surface area contributed by atoms with Crippen LogP contribution in [-0.4, -0.2) is 26.8 Å². The lowest BCUT2D eigenvalue weighted by molar-refractivity contribution is -0.143. The summed E-state index contributed by atoms with van der Waals surface area (Å²) in [5, 5.41) is 3.37. The van der Waals surface area contributed by atoms with Crippen LogP contribution >= 0.6 is 0 Å². The van der Waals surface area contributed by atoms with Crippen molar-refractivity contribution in [2.75, 3.05) is 26.1 Å². The summed E-state index contributed by atoms with van der Waals surface area (Å²) < 4.78 is 15.7. The number of ether oxygens (including phenoxy) is 3. The first-order valence-corrected chi connectivity index (χ1v) is 7.87. The third kappa shape index (κ3) is 4.65. The van der Waals surface area contributed by atoms with Crippen molar-refractivity contribution < 1.29 is 19.0 Å². The average Bonchev–Trinajstić information content (AvgIpc) is 2.62. The molecule has 2 aromatic carbocycles. The Bertz CT molecular complexity index is 655. The molecule has 1 atom stereocenters. The number of hydrogen-bond donors (Lipinski definition) is 1. The highest BCUT2D eigenvalue weighted by molar-refractivity contribution is 5.71. The molecular weight excluding hydrogens is 306 g/mol.